The summed E-state index contributed by atoms with van der Waals surface area (Å²) in [5.74, 6) is 1.27. The van der Waals surface area contributed by atoms with E-state index in [1.54, 1.807) is 18.0 Å². The van der Waals surface area contributed by atoms with Gasteiger partial charge in [0, 0.05) is 11.7 Å². The third-order valence-corrected chi connectivity index (χ3v) is 5.06. The van der Waals surface area contributed by atoms with E-state index in [4.69, 9.17) is 0 Å². The number of nitrogens with zero attached hydrogens (tertiary/aromatic N) is 3. The smallest absolute Gasteiger partial charge is 0.260 e. The molecule has 0 saturated heterocycles. The van der Waals surface area contributed by atoms with Crippen molar-refractivity contribution >= 4 is 22.8 Å². The number of amides is 1. The lowest BCUT2D eigenvalue weighted by atomic mass is 10.1. The van der Waals surface area contributed by atoms with Crippen LogP contribution in [0.25, 0.3) is 5.69 Å². The molecule has 0 bridgehead atoms. The third kappa shape index (κ3) is 2.79. The van der Waals surface area contributed by atoms with E-state index in [9.17, 15) is 4.79 Å². The van der Waals surface area contributed by atoms with E-state index in [1.807, 2.05) is 22.9 Å². The first kappa shape index (κ1) is 14.5. The molecule has 1 aliphatic carbocycles. The fourth-order valence-electron chi connectivity index (χ4n) is 2.85. The van der Waals surface area contributed by atoms with Gasteiger partial charge in [-0.3, -0.25) is 9.79 Å². The lowest BCUT2D eigenvalue weighted by Crippen LogP contribution is -2.28. The summed E-state index contributed by atoms with van der Waals surface area (Å²) in [4.78, 5) is 16.9. The van der Waals surface area contributed by atoms with Crippen LogP contribution >= 0.6 is 11.8 Å². The molecule has 1 fully saturated rings. The van der Waals surface area contributed by atoms with Crippen LogP contribution in [-0.2, 0) is 0 Å². The average molecular weight is 326 g/mol. The Morgan fingerprint density at radius 2 is 2.17 bits per heavy atom. The molecular weight excluding hydrogens is 308 g/mol. The number of benzene rings is 1. The molecule has 6 heteroatoms. The first-order valence-corrected chi connectivity index (χ1v) is 8.85. The van der Waals surface area contributed by atoms with E-state index < -0.39 is 0 Å². The number of hydrogen-bond acceptors (Lipinski definition) is 4. The fourth-order valence-corrected chi connectivity index (χ4v) is 3.57. The SMILES string of the molecule is Cc1ccccc1-n1ncc(C(=O)NC2=NCCS2)c1C1CC1. The molecule has 1 N–H and O–H groups in total. The summed E-state index contributed by atoms with van der Waals surface area (Å²) >= 11 is 1.59. The standard InChI is InChI=1S/C17H18N4OS/c1-11-4-2-3-5-14(11)21-15(12-6-7-12)13(10-19-21)16(22)20-17-18-8-9-23-17/h2-5,10,12H,6-9H2,1H3,(H,18,20,22). The summed E-state index contributed by atoms with van der Waals surface area (Å²) in [7, 11) is 0. The minimum absolute atomic E-state index is 0.0973. The molecule has 4 rings (SSSR count). The predicted molar refractivity (Wildman–Crippen MR) is 92.5 cm³/mol. The van der Waals surface area contributed by atoms with Gasteiger partial charge in [0.1, 0.15) is 0 Å². The van der Waals surface area contributed by atoms with Crippen molar-refractivity contribution in [2.75, 3.05) is 12.3 Å². The fraction of sp³-hybridized carbons (Fsp3) is 0.353. The molecule has 0 radical (unpaired) electrons. The number of amidine groups is 1. The van der Waals surface area contributed by atoms with Crippen molar-refractivity contribution in [2.45, 2.75) is 25.7 Å². The molecule has 1 aromatic heterocycles. The average Bonchev–Trinajstić information content (AvgIpc) is 3.08. The molecule has 2 heterocycles. The summed E-state index contributed by atoms with van der Waals surface area (Å²) in [5.41, 5.74) is 3.90. The second-order valence-electron chi connectivity index (χ2n) is 5.91. The van der Waals surface area contributed by atoms with Gasteiger partial charge in [0.15, 0.2) is 5.17 Å². The quantitative estimate of drug-likeness (QED) is 0.943. The van der Waals surface area contributed by atoms with Gasteiger partial charge < -0.3 is 5.32 Å². The van der Waals surface area contributed by atoms with Crippen LogP contribution in [0.15, 0.2) is 35.5 Å². The van der Waals surface area contributed by atoms with Gasteiger partial charge in [-0.2, -0.15) is 5.10 Å². The highest BCUT2D eigenvalue weighted by Crippen LogP contribution is 2.42. The zero-order valence-electron chi connectivity index (χ0n) is 13.0. The summed E-state index contributed by atoms with van der Waals surface area (Å²) in [6, 6.07) is 8.14. The van der Waals surface area contributed by atoms with E-state index in [-0.39, 0.29) is 5.91 Å². The van der Waals surface area contributed by atoms with Gasteiger partial charge in [-0.15, -0.1) is 0 Å². The van der Waals surface area contributed by atoms with E-state index >= 15 is 0 Å². The Morgan fingerprint density at radius 3 is 2.87 bits per heavy atom. The van der Waals surface area contributed by atoms with Crippen LogP contribution in [-0.4, -0.2) is 33.2 Å². The molecule has 118 valence electrons. The molecule has 1 amide bonds. The van der Waals surface area contributed by atoms with Crippen molar-refractivity contribution in [1.82, 2.24) is 15.1 Å². The number of aliphatic imine (C=N–C) groups is 1. The molecule has 0 unspecified atom stereocenters. The maximum atomic E-state index is 12.6. The number of para-hydroxylation sites is 1. The maximum absolute atomic E-state index is 12.6. The van der Waals surface area contributed by atoms with Crippen molar-refractivity contribution in [3.05, 3.63) is 47.3 Å². The monoisotopic (exact) mass is 326 g/mol. The van der Waals surface area contributed by atoms with Crippen molar-refractivity contribution < 1.29 is 4.79 Å². The van der Waals surface area contributed by atoms with E-state index in [0.717, 1.165) is 47.3 Å². The number of nitrogens with one attached hydrogen (secondary N) is 1. The molecule has 1 saturated carbocycles. The number of thioether (sulfide) groups is 1. The van der Waals surface area contributed by atoms with Gasteiger partial charge >= 0.3 is 0 Å². The summed E-state index contributed by atoms with van der Waals surface area (Å²) in [5, 5.41) is 8.15. The largest absolute Gasteiger partial charge is 0.301 e. The first-order chi connectivity index (χ1) is 11.2. The van der Waals surface area contributed by atoms with E-state index in [1.165, 1.54) is 0 Å². The summed E-state index contributed by atoms with van der Waals surface area (Å²) < 4.78 is 1.94. The van der Waals surface area contributed by atoms with Gasteiger partial charge in [-0.05, 0) is 31.4 Å². The number of aromatic nitrogens is 2. The number of aryl methyl sites for hydroxylation is 1. The van der Waals surface area contributed by atoms with E-state index in [0.29, 0.717) is 11.5 Å². The molecule has 0 spiro atoms. The van der Waals surface area contributed by atoms with Gasteiger partial charge in [0.25, 0.3) is 5.91 Å². The molecular formula is C17H18N4OS. The summed E-state index contributed by atoms with van der Waals surface area (Å²) in [6.07, 6.45) is 3.93. The molecule has 23 heavy (non-hydrogen) atoms. The predicted octanol–water partition coefficient (Wildman–Crippen LogP) is 2.89. The zero-order chi connectivity index (χ0) is 15.8. The minimum Gasteiger partial charge on any atom is -0.301 e. The highest BCUT2D eigenvalue weighted by atomic mass is 32.2. The van der Waals surface area contributed by atoms with Gasteiger partial charge in [0.05, 0.1) is 29.7 Å². The minimum atomic E-state index is -0.0973. The van der Waals surface area contributed by atoms with Crippen LogP contribution in [0.4, 0.5) is 0 Å². The van der Waals surface area contributed by atoms with Gasteiger partial charge in [-0.1, -0.05) is 30.0 Å². The van der Waals surface area contributed by atoms with Crippen molar-refractivity contribution in [3.63, 3.8) is 0 Å². The van der Waals surface area contributed by atoms with E-state index in [2.05, 4.69) is 28.4 Å². The Kier molecular flexibility index (Phi) is 3.69. The number of carbonyl (C=O) groups is 1. The Balaban J connectivity index is 1.71. The maximum Gasteiger partial charge on any atom is 0.260 e. The van der Waals surface area contributed by atoms with Crippen LogP contribution in [0.2, 0.25) is 0 Å². The third-order valence-electron chi connectivity index (χ3n) is 4.16. The normalized spacial score (nSPS) is 17.2. The Bertz CT molecular complexity index is 792. The molecule has 2 aliphatic rings. The molecule has 1 aliphatic heterocycles. The first-order valence-electron chi connectivity index (χ1n) is 7.86. The lowest BCUT2D eigenvalue weighted by Gasteiger charge is -2.11. The molecule has 1 aromatic carbocycles. The topological polar surface area (TPSA) is 59.3 Å². The molecule has 2 aromatic rings. The van der Waals surface area contributed by atoms with Crippen LogP contribution in [0, 0.1) is 6.92 Å². The van der Waals surface area contributed by atoms with Crippen molar-refractivity contribution in [1.29, 1.82) is 0 Å². The van der Waals surface area contributed by atoms with Crippen molar-refractivity contribution in [3.8, 4) is 5.69 Å². The Hall–Kier alpha value is -2.08. The number of carbonyl (C=O) groups excluding carboxylic acids is 1. The van der Waals surface area contributed by atoms with Gasteiger partial charge in [0.2, 0.25) is 0 Å². The second-order valence-corrected chi connectivity index (χ2v) is 6.99. The number of rotatable bonds is 3. The van der Waals surface area contributed by atoms with Crippen LogP contribution < -0.4 is 5.32 Å². The van der Waals surface area contributed by atoms with Gasteiger partial charge in [-0.25, -0.2) is 4.68 Å². The lowest BCUT2D eigenvalue weighted by molar-refractivity contribution is 0.0977. The van der Waals surface area contributed by atoms with Crippen molar-refractivity contribution in [2.24, 2.45) is 4.99 Å². The Morgan fingerprint density at radius 1 is 1.35 bits per heavy atom. The Labute approximate surface area is 139 Å². The van der Waals surface area contributed by atoms with Crippen LogP contribution in [0.3, 0.4) is 0 Å². The second kappa shape index (κ2) is 5.85. The summed E-state index contributed by atoms with van der Waals surface area (Å²) in [6.45, 7) is 2.84. The molecule has 0 atom stereocenters. The van der Waals surface area contributed by atoms with Crippen LogP contribution in [0.1, 0.15) is 40.4 Å². The highest BCUT2D eigenvalue weighted by Gasteiger charge is 2.33. The zero-order valence-corrected chi connectivity index (χ0v) is 13.8. The van der Waals surface area contributed by atoms with Crippen LogP contribution in [0.5, 0.6) is 0 Å². The highest BCUT2D eigenvalue weighted by molar-refractivity contribution is 8.14. The number of hydrogen-bond donors (Lipinski definition) is 1. The molecule has 5 nitrogen and oxygen atoms in total.